The maximum atomic E-state index is 11.2. The van der Waals surface area contributed by atoms with Crippen molar-refractivity contribution in [3.63, 3.8) is 0 Å². The van der Waals surface area contributed by atoms with Crippen molar-refractivity contribution in [3.8, 4) is 0 Å². The quantitative estimate of drug-likeness (QED) is 0.886. The molecule has 1 fully saturated rings. The van der Waals surface area contributed by atoms with Gasteiger partial charge in [0, 0.05) is 12.8 Å². The van der Waals surface area contributed by atoms with Gasteiger partial charge in [-0.25, -0.2) is 4.79 Å². The minimum absolute atomic E-state index is 0.211. The molecule has 0 radical (unpaired) electrons. The topological polar surface area (TPSA) is 66.8 Å². The molecule has 2 heterocycles. The smallest absolute Gasteiger partial charge is 0.336 e. The van der Waals surface area contributed by atoms with E-state index < -0.39 is 11.6 Å². The van der Waals surface area contributed by atoms with Crippen LogP contribution < -0.4 is 0 Å². The van der Waals surface area contributed by atoms with E-state index in [1.54, 1.807) is 11.4 Å². The molecule has 18 heavy (non-hydrogen) atoms. The highest BCUT2D eigenvalue weighted by molar-refractivity contribution is 7.10. The average Bonchev–Trinajstić information content (AvgIpc) is 2.78. The van der Waals surface area contributed by atoms with Crippen molar-refractivity contribution in [2.24, 2.45) is 0 Å². The van der Waals surface area contributed by atoms with Gasteiger partial charge in [0.25, 0.3) is 0 Å². The lowest BCUT2D eigenvalue weighted by atomic mass is 9.80. The molecule has 1 aliphatic heterocycles. The monoisotopic (exact) mass is 270 g/mol. The molecule has 0 aliphatic carbocycles. The third-order valence-corrected chi connectivity index (χ3v) is 4.81. The molecule has 0 aromatic carbocycles. The first-order valence-corrected chi connectivity index (χ1v) is 6.96. The van der Waals surface area contributed by atoms with E-state index in [0.717, 1.165) is 6.42 Å². The van der Waals surface area contributed by atoms with Gasteiger partial charge >= 0.3 is 5.97 Å². The van der Waals surface area contributed by atoms with Crippen molar-refractivity contribution in [2.45, 2.75) is 44.3 Å². The van der Waals surface area contributed by atoms with Gasteiger partial charge in [-0.2, -0.15) is 0 Å². The molecule has 0 spiro atoms. The van der Waals surface area contributed by atoms with E-state index in [2.05, 4.69) is 0 Å². The van der Waals surface area contributed by atoms with Crippen LogP contribution >= 0.6 is 11.3 Å². The molecule has 4 nitrogen and oxygen atoms in total. The fourth-order valence-electron chi connectivity index (χ4n) is 2.48. The molecule has 1 saturated heterocycles. The summed E-state index contributed by atoms with van der Waals surface area (Å²) in [7, 11) is 0. The molecule has 0 amide bonds. The summed E-state index contributed by atoms with van der Waals surface area (Å²) >= 11 is 1.31. The maximum Gasteiger partial charge on any atom is 0.336 e. The van der Waals surface area contributed by atoms with Gasteiger partial charge in [-0.05, 0) is 24.8 Å². The number of aliphatic hydroxyl groups is 1. The number of aromatic carboxylic acids is 1. The van der Waals surface area contributed by atoms with Crippen LogP contribution in [0.2, 0.25) is 0 Å². The Morgan fingerprint density at radius 1 is 1.61 bits per heavy atom. The third-order valence-electron chi connectivity index (χ3n) is 3.70. The summed E-state index contributed by atoms with van der Waals surface area (Å²) in [6.45, 7) is 4.43. The van der Waals surface area contributed by atoms with Crippen molar-refractivity contribution >= 4 is 17.3 Å². The maximum absolute atomic E-state index is 11.2. The zero-order valence-corrected chi connectivity index (χ0v) is 11.4. The number of hydrogen-bond acceptors (Lipinski definition) is 4. The van der Waals surface area contributed by atoms with Crippen molar-refractivity contribution in [3.05, 3.63) is 21.9 Å². The molecule has 1 aromatic heterocycles. The number of ether oxygens (including phenoxy) is 1. The van der Waals surface area contributed by atoms with Gasteiger partial charge in [0.1, 0.15) is 5.60 Å². The number of thiophene rings is 1. The largest absolute Gasteiger partial charge is 0.478 e. The normalized spacial score (nSPS) is 32.4. The van der Waals surface area contributed by atoms with Crippen LogP contribution in [0.15, 0.2) is 11.4 Å². The molecular formula is C13H18O4S. The van der Waals surface area contributed by atoms with E-state index >= 15 is 0 Å². The minimum Gasteiger partial charge on any atom is -0.478 e. The zero-order valence-electron chi connectivity index (χ0n) is 10.6. The average molecular weight is 270 g/mol. The van der Waals surface area contributed by atoms with Crippen LogP contribution in [0, 0.1) is 0 Å². The van der Waals surface area contributed by atoms with Crippen LogP contribution in [0.3, 0.4) is 0 Å². The summed E-state index contributed by atoms with van der Waals surface area (Å²) in [5.74, 6) is -0.982. The van der Waals surface area contributed by atoms with Crippen molar-refractivity contribution < 1.29 is 19.7 Å². The van der Waals surface area contributed by atoms with Crippen LogP contribution in [-0.2, 0) is 10.3 Å². The highest BCUT2D eigenvalue weighted by Crippen LogP contribution is 2.44. The van der Waals surface area contributed by atoms with E-state index in [1.807, 2.05) is 13.8 Å². The Bertz CT molecular complexity index is 456. The van der Waals surface area contributed by atoms with Crippen LogP contribution in [0.25, 0.3) is 0 Å². The highest BCUT2D eigenvalue weighted by atomic mass is 32.1. The lowest BCUT2D eigenvalue weighted by Crippen LogP contribution is -2.45. The lowest BCUT2D eigenvalue weighted by molar-refractivity contribution is -0.156. The molecule has 5 heteroatoms. The number of carboxylic acids is 1. The Labute approximate surface area is 110 Å². The first-order chi connectivity index (χ1) is 8.40. The van der Waals surface area contributed by atoms with Crippen LogP contribution in [0.1, 0.15) is 48.3 Å². The molecule has 1 aromatic rings. The van der Waals surface area contributed by atoms with Crippen molar-refractivity contribution in [2.75, 3.05) is 6.61 Å². The van der Waals surface area contributed by atoms with E-state index in [9.17, 15) is 9.90 Å². The van der Waals surface area contributed by atoms with E-state index in [1.165, 1.54) is 11.3 Å². The van der Waals surface area contributed by atoms with Gasteiger partial charge in [0.05, 0.1) is 22.6 Å². The van der Waals surface area contributed by atoms with Crippen LogP contribution in [-0.4, -0.2) is 28.4 Å². The second-order valence-corrected chi connectivity index (χ2v) is 5.99. The Morgan fingerprint density at radius 3 is 2.94 bits per heavy atom. The molecule has 2 atom stereocenters. The molecule has 2 unspecified atom stereocenters. The van der Waals surface area contributed by atoms with Gasteiger partial charge < -0.3 is 14.9 Å². The van der Waals surface area contributed by atoms with Crippen molar-refractivity contribution in [1.29, 1.82) is 0 Å². The third kappa shape index (κ3) is 2.30. The second kappa shape index (κ2) is 4.64. The first-order valence-electron chi connectivity index (χ1n) is 6.08. The first kappa shape index (κ1) is 13.5. The minimum atomic E-state index is -1.08. The molecule has 0 saturated carbocycles. The zero-order chi connectivity index (χ0) is 13.4. The summed E-state index contributed by atoms with van der Waals surface area (Å²) in [4.78, 5) is 11.7. The fourth-order valence-corrected chi connectivity index (χ4v) is 3.50. The Morgan fingerprint density at radius 2 is 2.33 bits per heavy atom. The number of carboxylic acid groups (broad SMARTS) is 1. The molecular weight excluding hydrogens is 252 g/mol. The molecule has 2 rings (SSSR count). The van der Waals surface area contributed by atoms with Crippen LogP contribution in [0.4, 0.5) is 0 Å². The Balaban J connectivity index is 2.36. The number of carbonyl (C=O) groups is 1. The predicted octanol–water partition coefficient (Wildman–Crippen LogP) is 2.61. The second-order valence-electron chi connectivity index (χ2n) is 5.08. The summed E-state index contributed by atoms with van der Waals surface area (Å²) in [5.41, 5.74) is -1.25. The van der Waals surface area contributed by atoms with E-state index in [4.69, 9.17) is 9.84 Å². The Kier molecular flexibility index (Phi) is 3.49. The molecule has 2 N–H and O–H groups in total. The summed E-state index contributed by atoms with van der Waals surface area (Å²) in [6.07, 6.45) is 1.68. The molecule has 1 aliphatic rings. The summed E-state index contributed by atoms with van der Waals surface area (Å²) < 4.78 is 5.71. The van der Waals surface area contributed by atoms with Crippen molar-refractivity contribution in [1.82, 2.24) is 0 Å². The van der Waals surface area contributed by atoms with Gasteiger partial charge in [-0.3, -0.25) is 0 Å². The van der Waals surface area contributed by atoms with Gasteiger partial charge in [-0.1, -0.05) is 6.92 Å². The molecule has 0 bridgehead atoms. The van der Waals surface area contributed by atoms with Gasteiger partial charge in [-0.15, -0.1) is 11.3 Å². The predicted molar refractivity (Wildman–Crippen MR) is 69.1 cm³/mol. The highest BCUT2D eigenvalue weighted by Gasteiger charge is 2.44. The Hall–Kier alpha value is -0.910. The summed E-state index contributed by atoms with van der Waals surface area (Å²) in [6, 6.07) is 1.55. The van der Waals surface area contributed by atoms with E-state index in [0.29, 0.717) is 24.3 Å². The molecule has 100 valence electrons. The van der Waals surface area contributed by atoms with Gasteiger partial charge in [0.15, 0.2) is 0 Å². The summed E-state index contributed by atoms with van der Waals surface area (Å²) in [5, 5.41) is 21.7. The standard InChI is InChI=1S/C13H18O4S/c1-3-12(2)8-13(16,5-6-17-12)10-9(11(14)15)4-7-18-10/h4,7,16H,3,5-6,8H2,1-2H3,(H,14,15). The van der Waals surface area contributed by atoms with E-state index in [-0.39, 0.29) is 11.2 Å². The van der Waals surface area contributed by atoms with Crippen LogP contribution in [0.5, 0.6) is 0 Å². The fraction of sp³-hybridized carbons (Fsp3) is 0.615. The lowest BCUT2D eigenvalue weighted by Gasteiger charge is -2.43. The SMILES string of the molecule is CCC1(C)CC(O)(c2sccc2C(=O)O)CCO1. The number of hydrogen-bond donors (Lipinski definition) is 2. The van der Waals surface area contributed by atoms with Gasteiger partial charge in [0.2, 0.25) is 0 Å². The number of rotatable bonds is 3.